The van der Waals surface area contributed by atoms with Gasteiger partial charge in [0.1, 0.15) is 0 Å². The maximum Gasteiger partial charge on any atom is 0.0462 e. The molecule has 0 fully saturated rings. The van der Waals surface area contributed by atoms with Crippen LogP contribution in [0.1, 0.15) is 33.7 Å². The summed E-state index contributed by atoms with van der Waals surface area (Å²) in [6.07, 6.45) is 19.0. The molecule has 0 saturated heterocycles. The molecule has 1 nitrogen and oxygen atoms in total. The van der Waals surface area contributed by atoms with E-state index in [4.69, 9.17) is 0 Å². The third-order valence-corrected chi connectivity index (χ3v) is 7.72. The summed E-state index contributed by atoms with van der Waals surface area (Å²) >= 11 is 0. The van der Waals surface area contributed by atoms with Gasteiger partial charge in [-0.1, -0.05) is 121 Å². The van der Waals surface area contributed by atoms with Crippen molar-refractivity contribution in [2.24, 2.45) is 0 Å². The maximum atomic E-state index is 2.33. The lowest BCUT2D eigenvalue weighted by Gasteiger charge is -2.25. The van der Waals surface area contributed by atoms with Gasteiger partial charge in [-0.2, -0.15) is 0 Å². The maximum absolute atomic E-state index is 2.33. The van der Waals surface area contributed by atoms with Crippen LogP contribution in [0.25, 0.3) is 29.0 Å². The van der Waals surface area contributed by atoms with Gasteiger partial charge >= 0.3 is 0 Å². The van der Waals surface area contributed by atoms with Crippen molar-refractivity contribution in [3.05, 3.63) is 167 Å². The van der Waals surface area contributed by atoms with Crippen LogP contribution in [-0.2, 0) is 6.42 Å². The van der Waals surface area contributed by atoms with Gasteiger partial charge in [-0.3, -0.25) is 0 Å². The van der Waals surface area contributed by atoms with E-state index in [1.807, 2.05) is 0 Å². The molecule has 39 heavy (non-hydrogen) atoms. The second-order valence-electron chi connectivity index (χ2n) is 10.1. The smallest absolute Gasteiger partial charge is 0.0462 e. The standard InChI is InChI=1S/C38H29N/c1-3-14-33(15-4-1)39(34-16-5-2-6-17-34)35-25-18-28(19-26-35)10-7-8-11-29-20-21-32-23-22-30-12-9-13-31-24-27-36(29)38(32)37(30)31/h1-12,14-27,29H,13H2. The normalized spacial score (nSPS) is 15.4. The molecule has 0 spiro atoms. The van der Waals surface area contributed by atoms with Crippen molar-refractivity contribution in [2.75, 3.05) is 4.90 Å². The first kappa shape index (κ1) is 23.3. The van der Waals surface area contributed by atoms with E-state index >= 15 is 0 Å². The van der Waals surface area contributed by atoms with E-state index in [0.717, 1.165) is 23.5 Å². The fraction of sp³-hybridized carbons (Fsp3) is 0.0526. The van der Waals surface area contributed by atoms with Crippen molar-refractivity contribution in [1.82, 2.24) is 0 Å². The minimum absolute atomic E-state index is 0.282. The largest absolute Gasteiger partial charge is 0.311 e. The lowest BCUT2D eigenvalue weighted by molar-refractivity contribution is 1.09. The van der Waals surface area contributed by atoms with Gasteiger partial charge in [0, 0.05) is 23.0 Å². The van der Waals surface area contributed by atoms with Gasteiger partial charge in [-0.15, -0.1) is 0 Å². The molecule has 0 aliphatic heterocycles. The molecule has 1 heteroatoms. The highest BCUT2D eigenvalue weighted by molar-refractivity contribution is 6.03. The highest BCUT2D eigenvalue weighted by Gasteiger charge is 2.19. The van der Waals surface area contributed by atoms with Gasteiger partial charge in [0.15, 0.2) is 0 Å². The number of hydrogen-bond donors (Lipinski definition) is 0. The Labute approximate surface area is 230 Å². The average Bonchev–Trinajstić information content (AvgIpc) is 3.00. The molecule has 0 saturated carbocycles. The number of rotatable bonds is 6. The highest BCUT2D eigenvalue weighted by Crippen LogP contribution is 2.40. The molecule has 5 aromatic carbocycles. The Kier molecular flexibility index (Phi) is 6.03. The third kappa shape index (κ3) is 4.43. The van der Waals surface area contributed by atoms with Crippen LogP contribution < -0.4 is 4.90 Å². The predicted octanol–water partition coefficient (Wildman–Crippen LogP) is 10.3. The van der Waals surface area contributed by atoms with Crippen LogP contribution >= 0.6 is 0 Å². The lowest BCUT2D eigenvalue weighted by Crippen LogP contribution is -2.09. The fourth-order valence-electron chi connectivity index (χ4n) is 5.85. The SMILES string of the molecule is C(C=CC1C=Cc2ccc3c4c(ccc1c24)CC=C3)=Cc1ccc(N(c2ccccc2)c2ccccc2)cc1. The molecule has 2 aliphatic rings. The van der Waals surface area contributed by atoms with E-state index in [1.165, 1.54) is 38.6 Å². The first-order valence-corrected chi connectivity index (χ1v) is 13.6. The third-order valence-electron chi connectivity index (χ3n) is 7.72. The molecule has 0 aromatic heterocycles. The molecule has 186 valence electrons. The highest BCUT2D eigenvalue weighted by atomic mass is 15.1. The van der Waals surface area contributed by atoms with Crippen LogP contribution in [-0.4, -0.2) is 0 Å². The van der Waals surface area contributed by atoms with Gasteiger partial charge in [0.25, 0.3) is 0 Å². The Hall–Kier alpha value is -4.88. The topological polar surface area (TPSA) is 3.24 Å². The summed E-state index contributed by atoms with van der Waals surface area (Å²) in [5.74, 6) is 0.282. The van der Waals surface area contributed by atoms with Crippen LogP contribution in [0.15, 0.2) is 140 Å². The van der Waals surface area contributed by atoms with E-state index in [2.05, 4.69) is 163 Å². The summed E-state index contributed by atoms with van der Waals surface area (Å²) in [7, 11) is 0. The monoisotopic (exact) mass is 499 g/mol. The molecule has 1 atom stereocenters. The van der Waals surface area contributed by atoms with E-state index in [1.54, 1.807) is 0 Å². The zero-order valence-electron chi connectivity index (χ0n) is 21.7. The molecule has 2 aliphatic carbocycles. The van der Waals surface area contributed by atoms with Crippen LogP contribution in [0.4, 0.5) is 17.1 Å². The second-order valence-corrected chi connectivity index (χ2v) is 10.1. The van der Waals surface area contributed by atoms with E-state index in [0.29, 0.717) is 0 Å². The number of benzene rings is 5. The molecule has 0 heterocycles. The Bertz CT molecular complexity index is 1710. The van der Waals surface area contributed by atoms with Crippen molar-refractivity contribution in [2.45, 2.75) is 12.3 Å². The molecule has 0 bridgehead atoms. The average molecular weight is 500 g/mol. The zero-order chi connectivity index (χ0) is 26.0. The summed E-state index contributed by atoms with van der Waals surface area (Å²) in [6, 6.07) is 39.0. The molecular formula is C38H29N. The van der Waals surface area contributed by atoms with Gasteiger partial charge < -0.3 is 4.90 Å². The molecule has 7 rings (SSSR count). The van der Waals surface area contributed by atoms with Gasteiger partial charge in [0.2, 0.25) is 0 Å². The van der Waals surface area contributed by atoms with Crippen LogP contribution in [0.5, 0.6) is 0 Å². The molecular weight excluding hydrogens is 470 g/mol. The van der Waals surface area contributed by atoms with Crippen molar-refractivity contribution < 1.29 is 0 Å². The zero-order valence-corrected chi connectivity index (χ0v) is 21.7. The van der Waals surface area contributed by atoms with Gasteiger partial charge in [0.05, 0.1) is 0 Å². The summed E-state index contributed by atoms with van der Waals surface area (Å²) in [5.41, 5.74) is 10.1. The Morgan fingerprint density at radius 2 is 1.26 bits per heavy atom. The van der Waals surface area contributed by atoms with Crippen molar-refractivity contribution in [3.63, 3.8) is 0 Å². The molecule has 1 unspecified atom stereocenters. The van der Waals surface area contributed by atoms with Crippen LogP contribution in [0.3, 0.4) is 0 Å². The number of allylic oxidation sites excluding steroid dienone is 5. The van der Waals surface area contributed by atoms with E-state index in [-0.39, 0.29) is 5.92 Å². The Balaban J connectivity index is 1.12. The lowest BCUT2D eigenvalue weighted by atomic mass is 9.81. The van der Waals surface area contributed by atoms with Crippen LogP contribution in [0.2, 0.25) is 0 Å². The Morgan fingerprint density at radius 1 is 0.590 bits per heavy atom. The number of anilines is 3. The molecule has 0 N–H and O–H groups in total. The van der Waals surface area contributed by atoms with Gasteiger partial charge in [-0.05, 0) is 81.4 Å². The first-order chi connectivity index (χ1) is 19.3. The summed E-state index contributed by atoms with van der Waals surface area (Å²) in [6.45, 7) is 0. The number of hydrogen-bond acceptors (Lipinski definition) is 1. The van der Waals surface area contributed by atoms with Gasteiger partial charge in [-0.25, -0.2) is 0 Å². The fourth-order valence-corrected chi connectivity index (χ4v) is 5.85. The molecule has 5 aromatic rings. The predicted molar refractivity (Wildman–Crippen MR) is 168 cm³/mol. The number of para-hydroxylation sites is 2. The van der Waals surface area contributed by atoms with E-state index in [9.17, 15) is 0 Å². The van der Waals surface area contributed by atoms with Crippen LogP contribution in [0, 0.1) is 0 Å². The molecule has 0 amide bonds. The molecule has 0 radical (unpaired) electrons. The summed E-state index contributed by atoms with van der Waals surface area (Å²) in [4.78, 5) is 2.28. The van der Waals surface area contributed by atoms with Crippen molar-refractivity contribution in [1.29, 1.82) is 0 Å². The van der Waals surface area contributed by atoms with Crippen molar-refractivity contribution in [3.8, 4) is 0 Å². The van der Waals surface area contributed by atoms with Crippen molar-refractivity contribution >= 4 is 46.1 Å². The Morgan fingerprint density at radius 3 is 1.97 bits per heavy atom. The minimum atomic E-state index is 0.282. The number of nitrogens with zero attached hydrogens (tertiary/aromatic N) is 1. The second kappa shape index (κ2) is 10.1. The van der Waals surface area contributed by atoms with E-state index < -0.39 is 0 Å². The minimum Gasteiger partial charge on any atom is -0.311 e. The summed E-state index contributed by atoms with van der Waals surface area (Å²) < 4.78 is 0. The first-order valence-electron chi connectivity index (χ1n) is 13.6. The quantitative estimate of drug-likeness (QED) is 0.210. The summed E-state index contributed by atoms with van der Waals surface area (Å²) in [5, 5.41) is 2.86.